The van der Waals surface area contributed by atoms with Gasteiger partial charge in [-0.3, -0.25) is 4.99 Å². The number of rotatable bonds is 3. The highest BCUT2D eigenvalue weighted by molar-refractivity contribution is 6.31. The van der Waals surface area contributed by atoms with Crippen molar-refractivity contribution < 1.29 is 4.74 Å². The van der Waals surface area contributed by atoms with Gasteiger partial charge in [-0.1, -0.05) is 17.7 Å². The SMILES string of the molecule is COc1cccc(Cl)c1CNC1=NCCCN1. The monoisotopic (exact) mass is 253 g/mol. The first-order chi connectivity index (χ1) is 8.31. The molecule has 2 N–H and O–H groups in total. The number of nitrogens with one attached hydrogen (secondary N) is 2. The summed E-state index contributed by atoms with van der Waals surface area (Å²) in [6, 6.07) is 5.64. The molecule has 0 aromatic heterocycles. The predicted molar refractivity (Wildman–Crippen MR) is 69.8 cm³/mol. The number of halogens is 1. The van der Waals surface area contributed by atoms with Gasteiger partial charge in [0.15, 0.2) is 5.96 Å². The summed E-state index contributed by atoms with van der Waals surface area (Å²) >= 11 is 6.15. The molecular formula is C12H16ClN3O. The molecule has 0 saturated heterocycles. The molecule has 0 aliphatic carbocycles. The van der Waals surface area contributed by atoms with Crippen molar-refractivity contribution in [3.8, 4) is 5.75 Å². The number of hydrogen-bond acceptors (Lipinski definition) is 4. The van der Waals surface area contributed by atoms with Crippen LogP contribution in [-0.4, -0.2) is 26.2 Å². The molecule has 0 bridgehead atoms. The van der Waals surface area contributed by atoms with Crippen LogP contribution >= 0.6 is 11.6 Å². The fraction of sp³-hybridized carbons (Fsp3) is 0.417. The topological polar surface area (TPSA) is 45.6 Å². The summed E-state index contributed by atoms with van der Waals surface area (Å²) in [4.78, 5) is 4.34. The molecule has 92 valence electrons. The van der Waals surface area contributed by atoms with Crippen molar-refractivity contribution in [2.24, 2.45) is 4.99 Å². The van der Waals surface area contributed by atoms with E-state index in [9.17, 15) is 0 Å². The Morgan fingerprint density at radius 2 is 2.41 bits per heavy atom. The highest BCUT2D eigenvalue weighted by atomic mass is 35.5. The third-order valence-corrected chi connectivity index (χ3v) is 2.98. The highest BCUT2D eigenvalue weighted by Crippen LogP contribution is 2.25. The zero-order chi connectivity index (χ0) is 12.1. The minimum atomic E-state index is 0.606. The number of methoxy groups -OCH3 is 1. The van der Waals surface area contributed by atoms with Crippen LogP contribution in [-0.2, 0) is 6.54 Å². The van der Waals surface area contributed by atoms with Crippen LogP contribution in [0.2, 0.25) is 5.02 Å². The van der Waals surface area contributed by atoms with Crippen molar-refractivity contribution >= 4 is 17.6 Å². The van der Waals surface area contributed by atoms with Crippen LogP contribution in [0.3, 0.4) is 0 Å². The Kier molecular flexibility index (Phi) is 4.09. The molecule has 0 fully saturated rings. The summed E-state index contributed by atoms with van der Waals surface area (Å²) in [7, 11) is 1.64. The first-order valence-electron chi connectivity index (χ1n) is 5.65. The third kappa shape index (κ3) is 3.03. The first-order valence-corrected chi connectivity index (χ1v) is 6.02. The lowest BCUT2D eigenvalue weighted by Crippen LogP contribution is -2.40. The molecule has 0 unspecified atom stereocenters. The summed E-state index contributed by atoms with van der Waals surface area (Å²) in [6.07, 6.45) is 1.08. The molecule has 17 heavy (non-hydrogen) atoms. The molecular weight excluding hydrogens is 238 g/mol. The van der Waals surface area contributed by atoms with Gasteiger partial charge in [-0.25, -0.2) is 0 Å². The molecule has 0 radical (unpaired) electrons. The number of guanidine groups is 1. The van der Waals surface area contributed by atoms with E-state index in [0.717, 1.165) is 36.8 Å². The van der Waals surface area contributed by atoms with E-state index in [-0.39, 0.29) is 0 Å². The second-order valence-corrected chi connectivity index (χ2v) is 4.19. The fourth-order valence-electron chi connectivity index (χ4n) is 1.72. The quantitative estimate of drug-likeness (QED) is 0.863. The number of hydrogen-bond donors (Lipinski definition) is 2. The second-order valence-electron chi connectivity index (χ2n) is 3.78. The Balaban J connectivity index is 2.05. The lowest BCUT2D eigenvalue weighted by atomic mass is 10.2. The summed E-state index contributed by atoms with van der Waals surface area (Å²) < 4.78 is 5.28. The Bertz CT molecular complexity index is 420. The number of benzene rings is 1. The summed E-state index contributed by atoms with van der Waals surface area (Å²) in [6.45, 7) is 2.44. The number of ether oxygens (including phenoxy) is 1. The lowest BCUT2D eigenvalue weighted by molar-refractivity contribution is 0.409. The Morgan fingerprint density at radius 3 is 3.12 bits per heavy atom. The fourth-order valence-corrected chi connectivity index (χ4v) is 1.96. The van der Waals surface area contributed by atoms with Crippen molar-refractivity contribution in [3.63, 3.8) is 0 Å². The highest BCUT2D eigenvalue weighted by Gasteiger charge is 2.09. The van der Waals surface area contributed by atoms with Crippen LogP contribution in [0.1, 0.15) is 12.0 Å². The molecule has 1 aromatic rings. The van der Waals surface area contributed by atoms with Gasteiger partial charge in [0.2, 0.25) is 0 Å². The van der Waals surface area contributed by atoms with E-state index in [1.807, 2.05) is 18.2 Å². The minimum absolute atomic E-state index is 0.606. The molecule has 0 amide bonds. The average Bonchev–Trinajstić information content (AvgIpc) is 2.38. The van der Waals surface area contributed by atoms with Crippen LogP contribution in [0.15, 0.2) is 23.2 Å². The summed E-state index contributed by atoms with van der Waals surface area (Å²) in [5.74, 6) is 1.62. The van der Waals surface area contributed by atoms with Crippen molar-refractivity contribution in [3.05, 3.63) is 28.8 Å². The van der Waals surface area contributed by atoms with Gasteiger partial charge in [0.1, 0.15) is 5.75 Å². The molecule has 1 aromatic carbocycles. The van der Waals surface area contributed by atoms with E-state index >= 15 is 0 Å². The number of aliphatic imine (C=N–C) groups is 1. The van der Waals surface area contributed by atoms with Crippen LogP contribution in [0.5, 0.6) is 5.75 Å². The van der Waals surface area contributed by atoms with E-state index in [0.29, 0.717) is 11.6 Å². The molecule has 0 spiro atoms. The molecule has 0 saturated carbocycles. The Hall–Kier alpha value is -1.42. The van der Waals surface area contributed by atoms with Crippen LogP contribution in [0.25, 0.3) is 0 Å². The van der Waals surface area contributed by atoms with E-state index in [2.05, 4.69) is 15.6 Å². The van der Waals surface area contributed by atoms with Gasteiger partial charge in [-0.2, -0.15) is 0 Å². The van der Waals surface area contributed by atoms with E-state index in [4.69, 9.17) is 16.3 Å². The zero-order valence-corrected chi connectivity index (χ0v) is 10.5. The molecule has 1 aliphatic heterocycles. The second kappa shape index (κ2) is 5.77. The van der Waals surface area contributed by atoms with E-state index in [1.54, 1.807) is 7.11 Å². The zero-order valence-electron chi connectivity index (χ0n) is 9.79. The van der Waals surface area contributed by atoms with Crippen molar-refractivity contribution in [2.45, 2.75) is 13.0 Å². The van der Waals surface area contributed by atoms with E-state index < -0.39 is 0 Å². The molecule has 2 rings (SSSR count). The van der Waals surface area contributed by atoms with Crippen LogP contribution < -0.4 is 15.4 Å². The average molecular weight is 254 g/mol. The van der Waals surface area contributed by atoms with Gasteiger partial charge >= 0.3 is 0 Å². The molecule has 1 aliphatic rings. The van der Waals surface area contributed by atoms with Crippen molar-refractivity contribution in [2.75, 3.05) is 20.2 Å². The summed E-state index contributed by atoms with van der Waals surface area (Å²) in [5.41, 5.74) is 0.951. The maximum Gasteiger partial charge on any atom is 0.191 e. The molecule has 4 nitrogen and oxygen atoms in total. The van der Waals surface area contributed by atoms with E-state index in [1.165, 1.54) is 0 Å². The molecule has 5 heteroatoms. The van der Waals surface area contributed by atoms with Crippen molar-refractivity contribution in [1.29, 1.82) is 0 Å². The van der Waals surface area contributed by atoms with Gasteiger partial charge in [-0.05, 0) is 18.6 Å². The Morgan fingerprint density at radius 1 is 1.53 bits per heavy atom. The summed E-state index contributed by atoms with van der Waals surface area (Å²) in [5, 5.41) is 7.13. The number of nitrogens with zero attached hydrogens (tertiary/aromatic N) is 1. The van der Waals surface area contributed by atoms with Gasteiger partial charge in [0.25, 0.3) is 0 Å². The third-order valence-electron chi connectivity index (χ3n) is 2.63. The first kappa shape index (κ1) is 12.0. The van der Waals surface area contributed by atoms with Crippen LogP contribution in [0.4, 0.5) is 0 Å². The lowest BCUT2D eigenvalue weighted by Gasteiger charge is -2.17. The van der Waals surface area contributed by atoms with Gasteiger partial charge < -0.3 is 15.4 Å². The molecule has 0 atom stereocenters. The molecule has 1 heterocycles. The maximum absolute atomic E-state index is 6.15. The maximum atomic E-state index is 6.15. The van der Waals surface area contributed by atoms with Gasteiger partial charge in [0, 0.05) is 30.2 Å². The predicted octanol–water partition coefficient (Wildman–Crippen LogP) is 1.79. The van der Waals surface area contributed by atoms with Crippen LogP contribution in [0, 0.1) is 0 Å². The standard InChI is InChI=1S/C12H16ClN3O/c1-17-11-5-2-4-10(13)9(11)8-16-12-14-6-3-7-15-12/h2,4-5H,3,6-8H2,1H3,(H2,14,15,16). The largest absolute Gasteiger partial charge is 0.496 e. The van der Waals surface area contributed by atoms with Gasteiger partial charge in [0.05, 0.1) is 7.11 Å². The normalized spacial score (nSPS) is 14.8. The van der Waals surface area contributed by atoms with Gasteiger partial charge in [-0.15, -0.1) is 0 Å². The van der Waals surface area contributed by atoms with Crippen molar-refractivity contribution in [1.82, 2.24) is 10.6 Å². The smallest absolute Gasteiger partial charge is 0.191 e. The Labute approximate surface area is 106 Å². The minimum Gasteiger partial charge on any atom is -0.496 e.